The van der Waals surface area contributed by atoms with Crippen LogP contribution in [-0.4, -0.2) is 47.6 Å². The number of hydrogen-bond donors (Lipinski definition) is 2. The van der Waals surface area contributed by atoms with Crippen molar-refractivity contribution in [2.45, 2.75) is 18.6 Å². The van der Waals surface area contributed by atoms with Crippen molar-refractivity contribution < 1.29 is 29.3 Å². The monoisotopic (exact) mass is 244 g/mol. The molecule has 0 amide bonds. The summed E-state index contributed by atoms with van der Waals surface area (Å²) in [5.41, 5.74) is 0. The van der Waals surface area contributed by atoms with Gasteiger partial charge < -0.3 is 19.7 Å². The van der Waals surface area contributed by atoms with Gasteiger partial charge in [-0.1, -0.05) is 25.3 Å². The fraction of sp³-hybridized carbons (Fsp3) is 0.455. The lowest BCUT2D eigenvalue weighted by Gasteiger charge is -2.08. The largest absolute Gasteiger partial charge is 0.463 e. The zero-order valence-corrected chi connectivity index (χ0v) is 9.37. The van der Waals surface area contributed by atoms with E-state index in [1.165, 1.54) is 0 Å². The number of carbonyl (C=O) groups is 2. The minimum atomic E-state index is -1.35. The van der Waals surface area contributed by atoms with E-state index in [1.807, 2.05) is 0 Å². The van der Waals surface area contributed by atoms with Gasteiger partial charge in [0.05, 0.1) is 13.2 Å². The van der Waals surface area contributed by atoms with Crippen LogP contribution in [0.15, 0.2) is 25.3 Å². The summed E-state index contributed by atoms with van der Waals surface area (Å²) in [5.74, 6) is -1.62. The second-order valence-corrected chi connectivity index (χ2v) is 3.05. The first-order chi connectivity index (χ1) is 8.02. The zero-order valence-electron chi connectivity index (χ0n) is 9.37. The average molecular weight is 244 g/mol. The molecule has 0 aliphatic heterocycles. The minimum absolute atomic E-state index is 0.00119. The van der Waals surface area contributed by atoms with Gasteiger partial charge in [0.15, 0.2) is 12.2 Å². The molecule has 2 unspecified atom stereocenters. The topological polar surface area (TPSA) is 93.1 Å². The second-order valence-electron chi connectivity index (χ2n) is 3.05. The fourth-order valence-electron chi connectivity index (χ4n) is 0.768. The lowest BCUT2D eigenvalue weighted by molar-refractivity contribution is -0.153. The standard InChI is InChI=1S/C11H16O6/c1-3-8(12)10(14)16-6-5-7-17-11(15)9(13)4-2/h3-4,8-9,12-13H,1-2,5-7H2. The van der Waals surface area contributed by atoms with Gasteiger partial charge in [-0.3, -0.25) is 0 Å². The van der Waals surface area contributed by atoms with E-state index in [-0.39, 0.29) is 19.6 Å². The molecule has 0 radical (unpaired) electrons. The van der Waals surface area contributed by atoms with Crippen LogP contribution in [0.2, 0.25) is 0 Å². The summed E-state index contributed by atoms with van der Waals surface area (Å²) < 4.78 is 9.26. The van der Waals surface area contributed by atoms with Gasteiger partial charge in [0.25, 0.3) is 0 Å². The number of rotatable bonds is 8. The summed E-state index contributed by atoms with van der Waals surface area (Å²) in [6.07, 6.45) is -0.336. The van der Waals surface area contributed by atoms with E-state index in [0.29, 0.717) is 0 Å². The van der Waals surface area contributed by atoms with Crippen LogP contribution < -0.4 is 0 Å². The lowest BCUT2D eigenvalue weighted by atomic mass is 10.3. The SMILES string of the molecule is C=CC(O)C(=O)OCCCOC(=O)C(O)C=C. The molecular formula is C11H16O6. The first kappa shape index (κ1) is 15.3. The maximum atomic E-state index is 10.9. The Morgan fingerprint density at radius 1 is 1.00 bits per heavy atom. The van der Waals surface area contributed by atoms with Gasteiger partial charge in [-0.2, -0.15) is 0 Å². The molecule has 0 saturated heterocycles. The molecule has 0 rings (SSSR count). The third kappa shape index (κ3) is 6.49. The van der Waals surface area contributed by atoms with E-state index in [0.717, 1.165) is 12.2 Å². The van der Waals surface area contributed by atoms with Crippen LogP contribution in [-0.2, 0) is 19.1 Å². The molecule has 0 fully saturated rings. The highest BCUT2D eigenvalue weighted by molar-refractivity contribution is 5.76. The van der Waals surface area contributed by atoms with Crippen LogP contribution >= 0.6 is 0 Å². The molecule has 0 aliphatic carbocycles. The zero-order chi connectivity index (χ0) is 13.3. The minimum Gasteiger partial charge on any atom is -0.463 e. The van der Waals surface area contributed by atoms with Crippen LogP contribution in [0.1, 0.15) is 6.42 Å². The van der Waals surface area contributed by atoms with E-state index >= 15 is 0 Å². The molecule has 2 atom stereocenters. The van der Waals surface area contributed by atoms with Gasteiger partial charge in [-0.05, 0) is 0 Å². The number of aliphatic hydroxyl groups is 2. The fourth-order valence-corrected chi connectivity index (χ4v) is 0.768. The normalized spacial score (nSPS) is 13.3. The maximum absolute atomic E-state index is 10.9. The number of ether oxygens (including phenoxy) is 2. The maximum Gasteiger partial charge on any atom is 0.338 e. The Bertz CT molecular complexity index is 258. The van der Waals surface area contributed by atoms with Gasteiger partial charge in [-0.15, -0.1) is 0 Å². The van der Waals surface area contributed by atoms with Gasteiger partial charge >= 0.3 is 11.9 Å². The Kier molecular flexibility index (Phi) is 7.66. The van der Waals surface area contributed by atoms with Gasteiger partial charge in [0.1, 0.15) is 0 Å². The highest BCUT2D eigenvalue weighted by Gasteiger charge is 2.13. The summed E-state index contributed by atoms with van der Waals surface area (Å²) in [4.78, 5) is 21.8. The van der Waals surface area contributed by atoms with E-state index in [4.69, 9.17) is 10.2 Å². The van der Waals surface area contributed by atoms with E-state index in [9.17, 15) is 9.59 Å². The summed E-state index contributed by atoms with van der Waals surface area (Å²) in [6.45, 7) is 6.44. The van der Waals surface area contributed by atoms with Crippen LogP contribution in [0.3, 0.4) is 0 Å². The van der Waals surface area contributed by atoms with Crippen molar-refractivity contribution in [2.75, 3.05) is 13.2 Å². The molecule has 96 valence electrons. The Hall–Kier alpha value is -1.66. The Labute approximate surface area is 99.1 Å². The molecule has 0 heterocycles. The molecule has 2 N–H and O–H groups in total. The molecule has 0 aliphatic rings. The number of aliphatic hydroxyl groups excluding tert-OH is 2. The van der Waals surface area contributed by atoms with Crippen molar-refractivity contribution in [2.24, 2.45) is 0 Å². The van der Waals surface area contributed by atoms with Crippen LogP contribution in [0.25, 0.3) is 0 Å². The van der Waals surface area contributed by atoms with Gasteiger partial charge in [-0.25, -0.2) is 9.59 Å². The van der Waals surface area contributed by atoms with E-state index < -0.39 is 24.1 Å². The molecular weight excluding hydrogens is 228 g/mol. The third-order valence-corrected chi connectivity index (χ3v) is 1.71. The lowest BCUT2D eigenvalue weighted by Crippen LogP contribution is -2.23. The van der Waals surface area contributed by atoms with Gasteiger partial charge in [0.2, 0.25) is 0 Å². The Balaban J connectivity index is 3.59. The summed E-state index contributed by atoms with van der Waals surface area (Å²) in [7, 11) is 0. The molecule has 0 saturated carbocycles. The first-order valence-electron chi connectivity index (χ1n) is 4.97. The van der Waals surface area contributed by atoms with E-state index in [2.05, 4.69) is 22.6 Å². The quantitative estimate of drug-likeness (QED) is 0.341. The predicted octanol–water partition coefficient (Wildman–Crippen LogP) is -0.443. The first-order valence-corrected chi connectivity index (χ1v) is 4.97. The van der Waals surface area contributed by atoms with Crippen LogP contribution in [0.5, 0.6) is 0 Å². The van der Waals surface area contributed by atoms with Crippen molar-refractivity contribution in [1.29, 1.82) is 0 Å². The van der Waals surface area contributed by atoms with Crippen molar-refractivity contribution in [3.8, 4) is 0 Å². The summed E-state index contributed by atoms with van der Waals surface area (Å²) in [6, 6.07) is 0. The average Bonchev–Trinajstić information content (AvgIpc) is 2.35. The van der Waals surface area contributed by atoms with Crippen molar-refractivity contribution >= 4 is 11.9 Å². The molecule has 0 aromatic carbocycles. The Morgan fingerprint density at radius 2 is 1.35 bits per heavy atom. The predicted molar refractivity (Wildman–Crippen MR) is 58.9 cm³/mol. The highest BCUT2D eigenvalue weighted by Crippen LogP contribution is 1.94. The number of carbonyl (C=O) groups excluding carboxylic acids is 2. The Morgan fingerprint density at radius 3 is 1.65 bits per heavy atom. The van der Waals surface area contributed by atoms with Crippen LogP contribution in [0, 0.1) is 0 Å². The summed E-state index contributed by atoms with van der Waals surface area (Å²) >= 11 is 0. The molecule has 6 nitrogen and oxygen atoms in total. The molecule has 0 aromatic heterocycles. The molecule has 6 heteroatoms. The number of hydrogen-bond acceptors (Lipinski definition) is 6. The second kappa shape index (κ2) is 8.49. The highest BCUT2D eigenvalue weighted by atomic mass is 16.6. The van der Waals surface area contributed by atoms with Crippen molar-refractivity contribution in [3.05, 3.63) is 25.3 Å². The van der Waals surface area contributed by atoms with E-state index in [1.54, 1.807) is 0 Å². The number of esters is 2. The summed E-state index contributed by atoms with van der Waals surface area (Å²) in [5, 5.41) is 17.9. The molecule has 0 spiro atoms. The van der Waals surface area contributed by atoms with Crippen molar-refractivity contribution in [3.63, 3.8) is 0 Å². The smallest absolute Gasteiger partial charge is 0.338 e. The van der Waals surface area contributed by atoms with Gasteiger partial charge in [0, 0.05) is 6.42 Å². The third-order valence-electron chi connectivity index (χ3n) is 1.71. The molecule has 0 bridgehead atoms. The van der Waals surface area contributed by atoms with Crippen LogP contribution in [0.4, 0.5) is 0 Å². The van der Waals surface area contributed by atoms with Crippen molar-refractivity contribution in [1.82, 2.24) is 0 Å². The molecule has 17 heavy (non-hydrogen) atoms. The molecule has 0 aromatic rings.